The molecule has 3 rings (SSSR count). The Bertz CT molecular complexity index is 953. The second-order valence-corrected chi connectivity index (χ2v) is 8.15. The molecule has 0 spiro atoms. The van der Waals surface area contributed by atoms with Crippen molar-refractivity contribution in [3.63, 3.8) is 0 Å². The van der Waals surface area contributed by atoms with E-state index in [1.807, 2.05) is 18.4 Å². The molecule has 0 aliphatic rings. The number of imidazole rings is 1. The summed E-state index contributed by atoms with van der Waals surface area (Å²) < 4.78 is 1.97. The number of rotatable bonds is 7. The molecule has 3 aromatic rings. The molecule has 1 unspecified atom stereocenters. The molecule has 158 valence electrons. The van der Waals surface area contributed by atoms with Crippen LogP contribution in [0.1, 0.15) is 41.2 Å². The van der Waals surface area contributed by atoms with Gasteiger partial charge in [0.05, 0.1) is 19.0 Å². The summed E-state index contributed by atoms with van der Waals surface area (Å²) in [6, 6.07) is 5.21. The van der Waals surface area contributed by atoms with Gasteiger partial charge in [0.15, 0.2) is 17.0 Å². The molecule has 0 amide bonds. The van der Waals surface area contributed by atoms with E-state index in [0.29, 0.717) is 38.7 Å². The second-order valence-electron chi connectivity index (χ2n) is 7.27. The fourth-order valence-corrected chi connectivity index (χ4v) is 3.32. The maximum absolute atomic E-state index is 9.66. The lowest BCUT2D eigenvalue weighted by Crippen LogP contribution is -2.30. The van der Waals surface area contributed by atoms with Crippen molar-refractivity contribution in [2.24, 2.45) is 5.92 Å². The van der Waals surface area contributed by atoms with Crippen molar-refractivity contribution in [1.29, 1.82) is 0 Å². The molecular weight excluding hydrogens is 411 g/mol. The van der Waals surface area contributed by atoms with Crippen LogP contribution in [0, 0.1) is 5.92 Å². The van der Waals surface area contributed by atoms with Crippen molar-refractivity contribution in [1.82, 2.24) is 19.5 Å². The van der Waals surface area contributed by atoms with E-state index in [1.54, 1.807) is 24.5 Å². The Morgan fingerprint density at radius 2 is 1.72 bits per heavy atom. The highest BCUT2D eigenvalue weighted by Gasteiger charge is 2.18. The van der Waals surface area contributed by atoms with Crippen LogP contribution in [0.2, 0.25) is 10.0 Å². The number of aromatic nitrogens is 4. The molecule has 3 N–H and O–H groups in total. The van der Waals surface area contributed by atoms with Crippen molar-refractivity contribution >= 4 is 51.8 Å². The van der Waals surface area contributed by atoms with Crippen LogP contribution in [0.15, 0.2) is 24.5 Å². The topological polar surface area (TPSA) is 87.9 Å². The first kappa shape index (κ1) is 23.2. The van der Waals surface area contributed by atoms with Gasteiger partial charge in [-0.05, 0) is 38.0 Å². The van der Waals surface area contributed by atoms with Gasteiger partial charge in [-0.2, -0.15) is 9.97 Å². The van der Waals surface area contributed by atoms with Crippen LogP contribution in [-0.2, 0) is 0 Å². The molecule has 0 aliphatic carbocycles. The van der Waals surface area contributed by atoms with Crippen LogP contribution < -0.4 is 10.6 Å². The monoisotopic (exact) mass is 438 g/mol. The van der Waals surface area contributed by atoms with Crippen LogP contribution in [0.3, 0.4) is 0 Å². The minimum absolute atomic E-state index is 0. The lowest BCUT2D eigenvalue weighted by molar-refractivity contribution is 0.248. The number of anilines is 3. The third kappa shape index (κ3) is 5.29. The van der Waals surface area contributed by atoms with Crippen LogP contribution in [-0.4, -0.2) is 37.3 Å². The lowest BCUT2D eigenvalue weighted by Gasteiger charge is -2.20. The number of aliphatic hydroxyl groups excluding tert-OH is 1. The number of fused-ring (bicyclic) bond motifs is 1. The van der Waals surface area contributed by atoms with Gasteiger partial charge in [0, 0.05) is 21.8 Å². The van der Waals surface area contributed by atoms with E-state index >= 15 is 0 Å². The molecule has 0 radical (unpaired) electrons. The Labute approximate surface area is 181 Å². The number of aliphatic hydroxyl groups is 1. The summed E-state index contributed by atoms with van der Waals surface area (Å²) in [5.41, 5.74) is 2.04. The Hall–Kier alpha value is -2.09. The molecular formula is C20H28Cl2N6O. The van der Waals surface area contributed by atoms with E-state index in [-0.39, 0.29) is 32.0 Å². The predicted molar refractivity (Wildman–Crippen MR) is 122 cm³/mol. The maximum Gasteiger partial charge on any atom is 0.227 e. The molecule has 2 aromatic heterocycles. The Kier molecular flexibility index (Phi) is 7.68. The minimum Gasteiger partial charge on any atom is -0.394 e. The summed E-state index contributed by atoms with van der Waals surface area (Å²) in [7, 11) is 0. The highest BCUT2D eigenvalue weighted by atomic mass is 35.5. The SMILES string of the molecule is C.CC(C)C(CO)Nc1nc(Nc2cc(Cl)cc(Cl)c2)c2ncn(C(C)C)c2n1. The summed E-state index contributed by atoms with van der Waals surface area (Å²) in [6.07, 6.45) is 1.75. The summed E-state index contributed by atoms with van der Waals surface area (Å²) in [5.74, 6) is 1.16. The van der Waals surface area contributed by atoms with E-state index in [9.17, 15) is 5.11 Å². The normalized spacial score (nSPS) is 12.3. The van der Waals surface area contributed by atoms with E-state index in [2.05, 4.69) is 39.4 Å². The first-order chi connectivity index (χ1) is 13.3. The van der Waals surface area contributed by atoms with Gasteiger partial charge in [-0.25, -0.2) is 4.98 Å². The molecule has 2 heterocycles. The molecule has 0 fully saturated rings. The van der Waals surface area contributed by atoms with Crippen LogP contribution in [0.5, 0.6) is 0 Å². The van der Waals surface area contributed by atoms with Crippen LogP contribution in [0.4, 0.5) is 17.5 Å². The maximum atomic E-state index is 9.66. The summed E-state index contributed by atoms with van der Waals surface area (Å²) in [6.45, 7) is 8.15. The standard InChI is InChI=1S/C19H24Cl2N6O.CH4/c1-10(2)15(8-28)24-19-25-17(23-14-6-12(20)5-13(21)7-14)16-18(26-19)27(9-22-16)11(3)4;/h5-7,9-11,15,28H,8H2,1-4H3,(H2,23,24,25,26);1H4. The highest BCUT2D eigenvalue weighted by Crippen LogP contribution is 2.29. The van der Waals surface area contributed by atoms with E-state index < -0.39 is 0 Å². The Morgan fingerprint density at radius 1 is 1.07 bits per heavy atom. The number of hydrogen-bond acceptors (Lipinski definition) is 6. The summed E-state index contributed by atoms with van der Waals surface area (Å²) >= 11 is 12.2. The number of halogens is 2. The number of nitrogens with one attached hydrogen (secondary N) is 2. The predicted octanol–water partition coefficient (Wildman–Crippen LogP) is 5.52. The first-order valence-corrected chi connectivity index (χ1v) is 9.89. The first-order valence-electron chi connectivity index (χ1n) is 9.13. The average Bonchev–Trinajstić information content (AvgIpc) is 3.03. The van der Waals surface area contributed by atoms with Gasteiger partial charge < -0.3 is 20.3 Å². The van der Waals surface area contributed by atoms with Crippen LogP contribution in [0.25, 0.3) is 11.2 Å². The molecule has 1 aromatic carbocycles. The van der Waals surface area contributed by atoms with Crippen molar-refractivity contribution in [3.8, 4) is 0 Å². The van der Waals surface area contributed by atoms with E-state index in [4.69, 9.17) is 23.2 Å². The molecule has 0 saturated carbocycles. The molecule has 29 heavy (non-hydrogen) atoms. The number of hydrogen-bond donors (Lipinski definition) is 3. The van der Waals surface area contributed by atoms with Gasteiger partial charge >= 0.3 is 0 Å². The van der Waals surface area contributed by atoms with Gasteiger partial charge in [-0.3, -0.25) is 0 Å². The van der Waals surface area contributed by atoms with Gasteiger partial charge in [0.2, 0.25) is 5.95 Å². The third-order valence-corrected chi connectivity index (χ3v) is 4.86. The Balaban J connectivity index is 0.00000300. The molecule has 0 bridgehead atoms. The van der Waals surface area contributed by atoms with Crippen molar-refractivity contribution in [2.75, 3.05) is 17.2 Å². The molecule has 9 heteroatoms. The zero-order valence-corrected chi connectivity index (χ0v) is 17.8. The van der Waals surface area contributed by atoms with Gasteiger partial charge in [-0.1, -0.05) is 44.5 Å². The van der Waals surface area contributed by atoms with Gasteiger partial charge in [0.1, 0.15) is 0 Å². The second kappa shape index (κ2) is 9.61. The van der Waals surface area contributed by atoms with Crippen molar-refractivity contribution in [3.05, 3.63) is 34.6 Å². The molecule has 7 nitrogen and oxygen atoms in total. The van der Waals surface area contributed by atoms with Crippen LogP contribution >= 0.6 is 23.2 Å². The zero-order valence-electron chi connectivity index (χ0n) is 16.2. The van der Waals surface area contributed by atoms with Gasteiger partial charge in [0.25, 0.3) is 0 Å². The third-order valence-electron chi connectivity index (χ3n) is 4.42. The average molecular weight is 439 g/mol. The fourth-order valence-electron chi connectivity index (χ4n) is 2.80. The number of benzene rings is 1. The summed E-state index contributed by atoms with van der Waals surface area (Å²) in [4.78, 5) is 13.7. The molecule has 0 aliphatic heterocycles. The van der Waals surface area contributed by atoms with Gasteiger partial charge in [-0.15, -0.1) is 0 Å². The largest absolute Gasteiger partial charge is 0.394 e. The quantitative estimate of drug-likeness (QED) is 0.449. The fraction of sp³-hybridized carbons (Fsp3) is 0.450. The minimum atomic E-state index is -0.165. The lowest BCUT2D eigenvalue weighted by atomic mass is 10.1. The zero-order chi connectivity index (χ0) is 20.4. The summed E-state index contributed by atoms with van der Waals surface area (Å²) in [5, 5.41) is 17.2. The van der Waals surface area contributed by atoms with E-state index in [1.165, 1.54) is 0 Å². The number of nitrogens with zero attached hydrogens (tertiary/aromatic N) is 4. The molecule has 0 saturated heterocycles. The smallest absolute Gasteiger partial charge is 0.227 e. The highest BCUT2D eigenvalue weighted by molar-refractivity contribution is 6.35. The Morgan fingerprint density at radius 3 is 2.28 bits per heavy atom. The van der Waals surface area contributed by atoms with Crippen molar-refractivity contribution < 1.29 is 5.11 Å². The van der Waals surface area contributed by atoms with Crippen molar-refractivity contribution in [2.45, 2.75) is 47.2 Å². The van der Waals surface area contributed by atoms with E-state index in [0.717, 1.165) is 0 Å². The molecule has 1 atom stereocenters.